The number of hydrogen-bond acceptors (Lipinski definition) is 3. The average molecular weight is 214 g/mol. The van der Waals surface area contributed by atoms with E-state index in [0.29, 0.717) is 5.92 Å². The molecular weight excluding hydrogens is 192 g/mol. The maximum atomic E-state index is 10.7. The van der Waals surface area contributed by atoms with Crippen molar-refractivity contribution in [3.8, 4) is 0 Å². The maximum absolute atomic E-state index is 10.7. The van der Waals surface area contributed by atoms with Gasteiger partial charge in [0.1, 0.15) is 5.60 Å². The van der Waals surface area contributed by atoms with E-state index in [-0.39, 0.29) is 6.04 Å². The van der Waals surface area contributed by atoms with Gasteiger partial charge in [-0.25, -0.2) is 4.79 Å². The second kappa shape index (κ2) is 4.84. The van der Waals surface area contributed by atoms with Crippen molar-refractivity contribution in [3.05, 3.63) is 0 Å². The summed E-state index contributed by atoms with van der Waals surface area (Å²) in [5.74, 6) is 0.452. The van der Waals surface area contributed by atoms with Gasteiger partial charge in [-0.05, 0) is 39.0 Å². The molecule has 0 bridgehead atoms. The highest BCUT2D eigenvalue weighted by Gasteiger charge is 2.31. The van der Waals surface area contributed by atoms with Gasteiger partial charge in [0, 0.05) is 6.04 Å². The molecule has 4 nitrogen and oxygen atoms in total. The van der Waals surface area contributed by atoms with Crippen molar-refractivity contribution in [2.45, 2.75) is 57.6 Å². The third kappa shape index (κ3) is 4.08. The molecule has 0 aromatic rings. The Bertz CT molecular complexity index is 229. The van der Waals surface area contributed by atoms with E-state index in [9.17, 15) is 4.79 Å². The van der Waals surface area contributed by atoms with Crippen LogP contribution in [0.2, 0.25) is 0 Å². The molecule has 88 valence electrons. The molecular formula is C11H22N2O2. The second-order valence-electron chi connectivity index (χ2n) is 5.09. The molecule has 0 radical (unpaired) electrons. The van der Waals surface area contributed by atoms with Crippen molar-refractivity contribution in [1.29, 1.82) is 0 Å². The number of nitrogens with two attached hydrogens (primary N) is 2. The van der Waals surface area contributed by atoms with Gasteiger partial charge in [0.25, 0.3) is 0 Å². The predicted molar refractivity (Wildman–Crippen MR) is 59.3 cm³/mol. The Morgan fingerprint density at radius 3 is 2.53 bits per heavy atom. The minimum absolute atomic E-state index is 0.245. The van der Waals surface area contributed by atoms with Gasteiger partial charge in [0.2, 0.25) is 0 Å². The molecule has 1 aliphatic rings. The lowest BCUT2D eigenvalue weighted by Crippen LogP contribution is -2.40. The van der Waals surface area contributed by atoms with Crippen LogP contribution in [-0.2, 0) is 4.74 Å². The summed E-state index contributed by atoms with van der Waals surface area (Å²) in [5, 5.41) is 0. The van der Waals surface area contributed by atoms with Gasteiger partial charge in [-0.15, -0.1) is 0 Å². The first kappa shape index (κ1) is 12.3. The molecule has 0 heterocycles. The fourth-order valence-electron chi connectivity index (χ4n) is 2.44. The fourth-order valence-corrected chi connectivity index (χ4v) is 2.44. The lowest BCUT2D eigenvalue weighted by atomic mass is 9.79. The second-order valence-corrected chi connectivity index (χ2v) is 5.09. The average Bonchev–Trinajstić information content (AvgIpc) is 2.06. The van der Waals surface area contributed by atoms with Crippen molar-refractivity contribution in [2.75, 3.05) is 0 Å². The van der Waals surface area contributed by atoms with E-state index in [1.165, 1.54) is 12.8 Å². The SMILES string of the molecule is CC(C)(CC1CCCCC1N)OC(N)=O. The number of carbonyl (C=O) groups excluding carboxylic acids is 1. The molecule has 2 atom stereocenters. The highest BCUT2D eigenvalue weighted by Crippen LogP contribution is 2.31. The molecule has 4 N–H and O–H groups in total. The molecule has 0 aliphatic heterocycles. The van der Waals surface area contributed by atoms with Crippen LogP contribution in [0, 0.1) is 5.92 Å². The van der Waals surface area contributed by atoms with E-state index in [1.54, 1.807) is 0 Å². The molecule has 4 heteroatoms. The van der Waals surface area contributed by atoms with E-state index < -0.39 is 11.7 Å². The minimum Gasteiger partial charge on any atom is -0.444 e. The molecule has 0 spiro atoms. The highest BCUT2D eigenvalue weighted by molar-refractivity contribution is 5.65. The number of hydrogen-bond donors (Lipinski definition) is 2. The van der Waals surface area contributed by atoms with Crippen LogP contribution in [0.15, 0.2) is 0 Å². The fraction of sp³-hybridized carbons (Fsp3) is 0.909. The van der Waals surface area contributed by atoms with Crippen molar-refractivity contribution < 1.29 is 9.53 Å². The van der Waals surface area contributed by atoms with Crippen LogP contribution in [0.3, 0.4) is 0 Å². The molecule has 1 amide bonds. The van der Waals surface area contributed by atoms with Crippen molar-refractivity contribution in [3.63, 3.8) is 0 Å². The molecule has 0 saturated heterocycles. The van der Waals surface area contributed by atoms with Crippen LogP contribution in [0.4, 0.5) is 4.79 Å². The number of ether oxygens (including phenoxy) is 1. The van der Waals surface area contributed by atoms with Gasteiger partial charge in [-0.1, -0.05) is 12.8 Å². The van der Waals surface area contributed by atoms with Crippen LogP contribution in [0.1, 0.15) is 46.0 Å². The maximum Gasteiger partial charge on any atom is 0.405 e. The minimum atomic E-state index is -0.704. The normalized spacial score (nSPS) is 27.4. The van der Waals surface area contributed by atoms with E-state index in [2.05, 4.69) is 0 Å². The third-order valence-electron chi connectivity index (χ3n) is 3.10. The lowest BCUT2D eigenvalue weighted by Gasteiger charge is -2.34. The Morgan fingerprint density at radius 1 is 1.40 bits per heavy atom. The Hall–Kier alpha value is -0.770. The van der Waals surface area contributed by atoms with Gasteiger partial charge >= 0.3 is 6.09 Å². The summed E-state index contributed by atoms with van der Waals surface area (Å²) in [5.41, 5.74) is 10.6. The summed E-state index contributed by atoms with van der Waals surface area (Å²) < 4.78 is 5.07. The zero-order valence-corrected chi connectivity index (χ0v) is 9.66. The van der Waals surface area contributed by atoms with E-state index in [1.807, 2.05) is 13.8 Å². The first-order valence-electron chi connectivity index (χ1n) is 5.65. The summed E-state index contributed by atoms with van der Waals surface area (Å²) in [4.78, 5) is 10.7. The predicted octanol–water partition coefficient (Wildman–Crippen LogP) is 1.77. The lowest BCUT2D eigenvalue weighted by molar-refractivity contribution is 0.0190. The molecule has 1 rings (SSSR count). The third-order valence-corrected chi connectivity index (χ3v) is 3.10. The summed E-state index contributed by atoms with van der Waals surface area (Å²) in [6.07, 6.45) is 4.75. The summed E-state index contributed by atoms with van der Waals surface area (Å²) in [7, 11) is 0. The van der Waals surface area contributed by atoms with Gasteiger partial charge in [0.05, 0.1) is 0 Å². The monoisotopic (exact) mass is 214 g/mol. The first-order valence-corrected chi connectivity index (χ1v) is 5.65. The van der Waals surface area contributed by atoms with Crippen LogP contribution in [0.25, 0.3) is 0 Å². The molecule has 0 aromatic heterocycles. The van der Waals surface area contributed by atoms with Crippen molar-refractivity contribution >= 4 is 6.09 Å². The molecule has 1 aliphatic carbocycles. The topological polar surface area (TPSA) is 78.3 Å². The summed E-state index contributed by atoms with van der Waals surface area (Å²) in [6.45, 7) is 3.78. The Morgan fingerprint density at radius 2 is 2.00 bits per heavy atom. The molecule has 0 aromatic carbocycles. The molecule has 15 heavy (non-hydrogen) atoms. The summed E-state index contributed by atoms with van der Waals surface area (Å²) >= 11 is 0. The van der Waals surface area contributed by atoms with Gasteiger partial charge in [0.15, 0.2) is 0 Å². The number of amides is 1. The molecule has 1 saturated carbocycles. The standard InChI is InChI=1S/C11H22N2O2/c1-11(2,15-10(13)14)7-8-5-3-4-6-9(8)12/h8-9H,3-7,12H2,1-2H3,(H2,13,14). The van der Waals surface area contributed by atoms with Crippen LogP contribution < -0.4 is 11.5 Å². The Labute approximate surface area is 91.3 Å². The van der Waals surface area contributed by atoms with Crippen LogP contribution >= 0.6 is 0 Å². The largest absolute Gasteiger partial charge is 0.444 e. The smallest absolute Gasteiger partial charge is 0.405 e. The number of carbonyl (C=O) groups is 1. The molecule has 1 fully saturated rings. The number of rotatable bonds is 3. The Kier molecular flexibility index (Phi) is 3.97. The van der Waals surface area contributed by atoms with Crippen molar-refractivity contribution in [1.82, 2.24) is 0 Å². The molecule has 2 unspecified atom stereocenters. The Balaban J connectivity index is 2.47. The van der Waals surface area contributed by atoms with Crippen LogP contribution in [0.5, 0.6) is 0 Å². The number of primary amides is 1. The highest BCUT2D eigenvalue weighted by atomic mass is 16.6. The van der Waals surface area contributed by atoms with Crippen molar-refractivity contribution in [2.24, 2.45) is 17.4 Å². The zero-order chi connectivity index (χ0) is 11.5. The summed E-state index contributed by atoms with van der Waals surface area (Å²) in [6, 6.07) is 0.245. The van der Waals surface area contributed by atoms with E-state index in [0.717, 1.165) is 19.3 Å². The zero-order valence-electron chi connectivity index (χ0n) is 9.66. The van der Waals surface area contributed by atoms with Crippen LogP contribution in [-0.4, -0.2) is 17.7 Å². The van der Waals surface area contributed by atoms with Gasteiger partial charge < -0.3 is 16.2 Å². The quantitative estimate of drug-likeness (QED) is 0.751. The van der Waals surface area contributed by atoms with E-state index >= 15 is 0 Å². The van der Waals surface area contributed by atoms with E-state index in [4.69, 9.17) is 16.2 Å². The van der Waals surface area contributed by atoms with Gasteiger partial charge in [-0.2, -0.15) is 0 Å². The first-order chi connectivity index (χ1) is 6.91. The van der Waals surface area contributed by atoms with Gasteiger partial charge in [-0.3, -0.25) is 0 Å².